The van der Waals surface area contributed by atoms with Crippen LogP contribution in [-0.2, 0) is 24.9 Å². The van der Waals surface area contributed by atoms with Crippen molar-refractivity contribution >= 4 is 5.91 Å². The van der Waals surface area contributed by atoms with Gasteiger partial charge in [0.15, 0.2) is 0 Å². The van der Waals surface area contributed by atoms with Gasteiger partial charge in [0.1, 0.15) is 11.6 Å². The fraction of sp³-hybridized carbons (Fsp3) is 0.667. The van der Waals surface area contributed by atoms with Crippen LogP contribution in [0.1, 0.15) is 43.3 Å². The maximum Gasteiger partial charge on any atom is 0.222 e. The Morgan fingerprint density at radius 1 is 1.35 bits per heavy atom. The van der Waals surface area contributed by atoms with Crippen molar-refractivity contribution in [3.8, 4) is 0 Å². The van der Waals surface area contributed by atoms with E-state index in [0.29, 0.717) is 6.42 Å². The molecule has 1 fully saturated rings. The lowest BCUT2D eigenvalue weighted by molar-refractivity contribution is -0.132. The lowest BCUT2D eigenvalue weighted by Gasteiger charge is -2.32. The first-order valence-electron chi connectivity index (χ1n) is 9.31. The van der Waals surface area contributed by atoms with Crippen LogP contribution in [0.25, 0.3) is 0 Å². The van der Waals surface area contributed by atoms with Gasteiger partial charge in [0.05, 0.1) is 12.9 Å². The Morgan fingerprint density at radius 2 is 2.19 bits per heavy atom. The van der Waals surface area contributed by atoms with E-state index in [1.807, 2.05) is 36.8 Å². The average Bonchev–Trinajstić information content (AvgIpc) is 3.25. The van der Waals surface area contributed by atoms with Crippen molar-refractivity contribution < 1.29 is 4.79 Å². The quantitative estimate of drug-likeness (QED) is 0.744. The fourth-order valence-corrected chi connectivity index (χ4v) is 3.56. The molecule has 1 aliphatic heterocycles. The predicted molar refractivity (Wildman–Crippen MR) is 98.4 cm³/mol. The van der Waals surface area contributed by atoms with Crippen LogP contribution in [0.2, 0.25) is 0 Å². The molecule has 26 heavy (non-hydrogen) atoms. The first-order valence-corrected chi connectivity index (χ1v) is 9.31. The summed E-state index contributed by atoms with van der Waals surface area (Å²) in [7, 11) is 6.08. The fourth-order valence-electron chi connectivity index (χ4n) is 3.56. The van der Waals surface area contributed by atoms with E-state index >= 15 is 0 Å². The zero-order valence-electron chi connectivity index (χ0n) is 16.0. The zero-order valence-corrected chi connectivity index (χ0v) is 16.0. The number of carbonyl (C=O) groups is 1. The van der Waals surface area contributed by atoms with Crippen LogP contribution in [0.5, 0.6) is 0 Å². The number of hydrogen-bond donors (Lipinski definition) is 0. The molecule has 1 aliphatic rings. The van der Waals surface area contributed by atoms with Gasteiger partial charge in [-0.1, -0.05) is 0 Å². The van der Waals surface area contributed by atoms with Crippen LogP contribution in [0.3, 0.4) is 0 Å². The topological polar surface area (TPSA) is 72.1 Å². The Bertz CT molecular complexity index is 707. The van der Waals surface area contributed by atoms with Gasteiger partial charge >= 0.3 is 0 Å². The highest BCUT2D eigenvalue weighted by Gasteiger charge is 2.28. The maximum absolute atomic E-state index is 12.6. The summed E-state index contributed by atoms with van der Waals surface area (Å²) in [6.45, 7) is 3.20. The molecule has 0 saturated carbocycles. The minimum Gasteiger partial charge on any atom is -0.342 e. The van der Waals surface area contributed by atoms with Crippen molar-refractivity contribution in [2.45, 2.75) is 44.7 Å². The molecule has 2 aromatic heterocycles. The number of hydrogen-bond acceptors (Lipinski definition) is 5. The minimum absolute atomic E-state index is 0.241. The molecule has 0 aromatic carbocycles. The van der Waals surface area contributed by atoms with Crippen LogP contribution in [0, 0.1) is 0 Å². The number of likely N-dealkylation sites (tertiary alicyclic amines) is 1. The van der Waals surface area contributed by atoms with E-state index in [4.69, 9.17) is 0 Å². The summed E-state index contributed by atoms with van der Waals surface area (Å²) in [6.07, 6.45) is 8.99. The lowest BCUT2D eigenvalue weighted by atomic mass is 9.96. The number of imidazole rings is 1. The molecule has 3 rings (SSSR count). The molecule has 8 heteroatoms. The predicted octanol–water partition coefficient (Wildman–Crippen LogP) is 1.26. The second kappa shape index (κ2) is 8.44. The molecule has 142 valence electrons. The number of rotatable bonds is 7. The molecule has 0 radical (unpaired) electrons. The summed E-state index contributed by atoms with van der Waals surface area (Å²) in [4.78, 5) is 20.7. The van der Waals surface area contributed by atoms with E-state index < -0.39 is 0 Å². The van der Waals surface area contributed by atoms with Crippen molar-refractivity contribution in [3.63, 3.8) is 0 Å². The SMILES string of the molecule is CN(C)Cc1nnc([C@@H]2CCCN(C(=O)CCCn3ccnc3)C2)n1C. The first kappa shape index (κ1) is 18.6. The van der Waals surface area contributed by atoms with Crippen LogP contribution < -0.4 is 0 Å². The second-order valence-corrected chi connectivity index (χ2v) is 7.35. The van der Waals surface area contributed by atoms with Crippen molar-refractivity contribution in [1.82, 2.24) is 34.1 Å². The van der Waals surface area contributed by atoms with Crippen molar-refractivity contribution in [3.05, 3.63) is 30.4 Å². The number of aromatic nitrogens is 5. The molecule has 1 amide bonds. The third kappa shape index (κ3) is 4.49. The summed E-state index contributed by atoms with van der Waals surface area (Å²) in [5, 5.41) is 8.76. The van der Waals surface area contributed by atoms with Crippen LogP contribution >= 0.6 is 0 Å². The molecule has 3 heterocycles. The van der Waals surface area contributed by atoms with Gasteiger partial charge < -0.3 is 18.9 Å². The highest BCUT2D eigenvalue weighted by Crippen LogP contribution is 2.26. The number of aryl methyl sites for hydroxylation is 1. The standard InChI is InChI=1S/C18H29N7O/c1-22(2)13-16-20-21-18(23(16)3)15-6-4-10-25(12-15)17(26)7-5-9-24-11-8-19-14-24/h8,11,14-15H,4-7,9-10,12-13H2,1-3H3/t15-/m1/s1. The van der Waals surface area contributed by atoms with E-state index in [0.717, 1.165) is 57.1 Å². The van der Waals surface area contributed by atoms with Gasteiger partial charge in [-0.2, -0.15) is 0 Å². The molecule has 0 bridgehead atoms. The van der Waals surface area contributed by atoms with E-state index in [1.54, 1.807) is 12.5 Å². The van der Waals surface area contributed by atoms with E-state index in [1.165, 1.54) is 0 Å². The molecule has 0 spiro atoms. The molecule has 1 atom stereocenters. The molecule has 0 aliphatic carbocycles. The van der Waals surface area contributed by atoms with Gasteiger partial charge in [-0.15, -0.1) is 10.2 Å². The average molecular weight is 359 g/mol. The minimum atomic E-state index is 0.241. The van der Waals surface area contributed by atoms with E-state index in [-0.39, 0.29) is 11.8 Å². The summed E-state index contributed by atoms with van der Waals surface area (Å²) in [5.74, 6) is 2.48. The summed E-state index contributed by atoms with van der Waals surface area (Å²) in [6, 6.07) is 0. The van der Waals surface area contributed by atoms with Gasteiger partial charge in [0, 0.05) is 51.4 Å². The van der Waals surface area contributed by atoms with Crippen molar-refractivity contribution in [2.75, 3.05) is 27.2 Å². The highest BCUT2D eigenvalue weighted by atomic mass is 16.2. The lowest BCUT2D eigenvalue weighted by Crippen LogP contribution is -2.39. The molecule has 1 saturated heterocycles. The monoisotopic (exact) mass is 359 g/mol. The van der Waals surface area contributed by atoms with Gasteiger partial charge in [0.2, 0.25) is 5.91 Å². The summed E-state index contributed by atoms with van der Waals surface area (Å²) in [5.41, 5.74) is 0. The molecule has 0 unspecified atom stereocenters. The highest BCUT2D eigenvalue weighted by molar-refractivity contribution is 5.76. The Hall–Kier alpha value is -2.22. The third-order valence-corrected chi connectivity index (χ3v) is 4.96. The van der Waals surface area contributed by atoms with Crippen molar-refractivity contribution in [1.29, 1.82) is 0 Å². The molecular formula is C18H29N7O. The smallest absolute Gasteiger partial charge is 0.222 e. The second-order valence-electron chi connectivity index (χ2n) is 7.35. The van der Waals surface area contributed by atoms with Gasteiger partial charge in [-0.25, -0.2) is 4.98 Å². The summed E-state index contributed by atoms with van der Waals surface area (Å²) >= 11 is 0. The third-order valence-electron chi connectivity index (χ3n) is 4.96. The zero-order chi connectivity index (χ0) is 18.5. The first-order chi connectivity index (χ1) is 12.5. The molecule has 2 aromatic rings. The number of carbonyl (C=O) groups excluding carboxylic acids is 1. The number of nitrogens with zero attached hydrogens (tertiary/aromatic N) is 7. The molecular weight excluding hydrogens is 330 g/mol. The van der Waals surface area contributed by atoms with Gasteiger partial charge in [0.25, 0.3) is 0 Å². The Labute approximate surface area is 154 Å². The van der Waals surface area contributed by atoms with E-state index in [2.05, 4.69) is 24.6 Å². The maximum atomic E-state index is 12.6. The van der Waals surface area contributed by atoms with Crippen LogP contribution in [0.4, 0.5) is 0 Å². The summed E-state index contributed by atoms with van der Waals surface area (Å²) < 4.78 is 4.11. The van der Waals surface area contributed by atoms with Gasteiger partial charge in [-0.3, -0.25) is 4.79 Å². The molecule has 0 N–H and O–H groups in total. The number of amides is 1. The molecule has 8 nitrogen and oxygen atoms in total. The normalized spacial score (nSPS) is 17.8. The van der Waals surface area contributed by atoms with E-state index in [9.17, 15) is 4.79 Å². The Kier molecular flexibility index (Phi) is 6.03. The van der Waals surface area contributed by atoms with Crippen LogP contribution in [-0.4, -0.2) is 67.2 Å². The Morgan fingerprint density at radius 3 is 2.92 bits per heavy atom. The Balaban J connectivity index is 1.55. The number of piperidine rings is 1. The van der Waals surface area contributed by atoms with Gasteiger partial charge in [-0.05, 0) is 33.4 Å². The largest absolute Gasteiger partial charge is 0.342 e. The van der Waals surface area contributed by atoms with Crippen molar-refractivity contribution in [2.24, 2.45) is 7.05 Å². The van der Waals surface area contributed by atoms with Crippen LogP contribution in [0.15, 0.2) is 18.7 Å².